The molecule has 0 saturated heterocycles. The summed E-state index contributed by atoms with van der Waals surface area (Å²) in [5.74, 6) is 1.55. The lowest BCUT2D eigenvalue weighted by molar-refractivity contribution is 0.297. The molecular weight excluding hydrogens is 242 g/mol. The van der Waals surface area contributed by atoms with Crippen LogP contribution >= 0.6 is 0 Å². The normalized spacial score (nSPS) is 15.9. The molecule has 0 aliphatic carbocycles. The van der Waals surface area contributed by atoms with E-state index in [9.17, 15) is 0 Å². The minimum absolute atomic E-state index is 0.252. The van der Waals surface area contributed by atoms with Gasteiger partial charge in [0.1, 0.15) is 0 Å². The molecule has 3 rings (SSSR count). The lowest BCUT2D eigenvalue weighted by atomic mass is 10.0. The molecular formula is C14H17N3O2. The molecule has 2 heterocycles. The summed E-state index contributed by atoms with van der Waals surface area (Å²) in [7, 11) is 1.93. The van der Waals surface area contributed by atoms with Crippen molar-refractivity contribution in [1.29, 1.82) is 0 Å². The maximum absolute atomic E-state index is 6.23. The summed E-state index contributed by atoms with van der Waals surface area (Å²) in [5, 5.41) is 0. The highest BCUT2D eigenvalue weighted by Crippen LogP contribution is 2.32. The molecule has 0 spiro atoms. The van der Waals surface area contributed by atoms with Gasteiger partial charge < -0.3 is 19.8 Å². The first-order valence-corrected chi connectivity index (χ1v) is 6.37. The number of hydrogen-bond acceptors (Lipinski definition) is 4. The van der Waals surface area contributed by atoms with Gasteiger partial charge in [-0.05, 0) is 17.7 Å². The molecule has 0 bridgehead atoms. The van der Waals surface area contributed by atoms with E-state index >= 15 is 0 Å². The fourth-order valence-electron chi connectivity index (χ4n) is 2.14. The number of fused-ring (bicyclic) bond motifs is 1. The molecule has 1 aliphatic heterocycles. The van der Waals surface area contributed by atoms with Crippen molar-refractivity contribution in [2.75, 3.05) is 13.2 Å². The summed E-state index contributed by atoms with van der Waals surface area (Å²) in [4.78, 5) is 4.29. The zero-order valence-electron chi connectivity index (χ0n) is 10.9. The number of aromatic nitrogens is 2. The molecule has 1 unspecified atom stereocenters. The van der Waals surface area contributed by atoms with Crippen LogP contribution in [0.5, 0.6) is 11.5 Å². The van der Waals surface area contributed by atoms with E-state index in [0.29, 0.717) is 13.2 Å². The molecule has 19 heavy (non-hydrogen) atoms. The Hall–Kier alpha value is -2.01. The van der Waals surface area contributed by atoms with Gasteiger partial charge in [-0.3, -0.25) is 0 Å². The first kappa shape index (κ1) is 12.0. The fourth-order valence-corrected chi connectivity index (χ4v) is 2.14. The first-order chi connectivity index (χ1) is 9.24. The highest BCUT2D eigenvalue weighted by Gasteiger charge is 2.16. The van der Waals surface area contributed by atoms with Crippen LogP contribution in [0.2, 0.25) is 0 Å². The number of nitrogens with zero attached hydrogens (tertiary/aromatic N) is 2. The Morgan fingerprint density at radius 1 is 1.26 bits per heavy atom. The predicted molar refractivity (Wildman–Crippen MR) is 71.3 cm³/mol. The number of nitrogens with two attached hydrogens (primary N) is 1. The lowest BCUT2D eigenvalue weighted by Gasteiger charge is -2.13. The molecule has 0 amide bonds. The summed E-state index contributed by atoms with van der Waals surface area (Å²) >= 11 is 0. The van der Waals surface area contributed by atoms with Crippen molar-refractivity contribution in [3.63, 3.8) is 0 Å². The summed E-state index contributed by atoms with van der Waals surface area (Å²) in [6.07, 6.45) is 4.57. The van der Waals surface area contributed by atoms with Crippen LogP contribution in [0.4, 0.5) is 0 Å². The molecule has 2 N–H and O–H groups in total. The van der Waals surface area contributed by atoms with Crippen LogP contribution in [-0.2, 0) is 7.05 Å². The van der Waals surface area contributed by atoms with E-state index < -0.39 is 0 Å². The molecule has 0 radical (unpaired) electrons. The Bertz CT molecular complexity index is 580. The van der Waals surface area contributed by atoms with E-state index in [0.717, 1.165) is 29.2 Å². The molecule has 100 valence electrons. The van der Waals surface area contributed by atoms with Crippen molar-refractivity contribution in [2.45, 2.75) is 12.5 Å². The van der Waals surface area contributed by atoms with Gasteiger partial charge in [-0.15, -0.1) is 0 Å². The van der Waals surface area contributed by atoms with Crippen LogP contribution in [0.1, 0.15) is 23.7 Å². The van der Waals surface area contributed by atoms with Gasteiger partial charge in [0, 0.05) is 19.7 Å². The smallest absolute Gasteiger partial charge is 0.161 e. The van der Waals surface area contributed by atoms with Gasteiger partial charge in [0.2, 0.25) is 0 Å². The molecule has 0 fully saturated rings. The standard InChI is InChI=1S/C14H17N3O2/c1-17-8-11(16-9-17)14(15)10-3-4-12-13(7-10)19-6-2-5-18-12/h3-4,7-9,14H,2,5-6,15H2,1H3. The van der Waals surface area contributed by atoms with Crippen molar-refractivity contribution in [2.24, 2.45) is 12.8 Å². The zero-order chi connectivity index (χ0) is 13.2. The summed E-state index contributed by atoms with van der Waals surface area (Å²) < 4.78 is 13.2. The minimum Gasteiger partial charge on any atom is -0.490 e. The summed E-state index contributed by atoms with van der Waals surface area (Å²) in [5.41, 5.74) is 8.05. The van der Waals surface area contributed by atoms with Crippen LogP contribution < -0.4 is 15.2 Å². The topological polar surface area (TPSA) is 62.3 Å². The molecule has 5 nitrogen and oxygen atoms in total. The monoisotopic (exact) mass is 259 g/mol. The second kappa shape index (κ2) is 4.93. The minimum atomic E-state index is -0.252. The highest BCUT2D eigenvalue weighted by molar-refractivity contribution is 5.45. The maximum atomic E-state index is 6.23. The number of benzene rings is 1. The predicted octanol–water partition coefficient (Wildman–Crippen LogP) is 1.63. The summed E-state index contributed by atoms with van der Waals surface area (Å²) in [6, 6.07) is 5.57. The Kier molecular flexibility index (Phi) is 3.13. The highest BCUT2D eigenvalue weighted by atomic mass is 16.5. The van der Waals surface area contributed by atoms with Crippen LogP contribution in [0.3, 0.4) is 0 Å². The Labute approximate surface area is 112 Å². The van der Waals surface area contributed by atoms with Crippen molar-refractivity contribution in [1.82, 2.24) is 9.55 Å². The van der Waals surface area contributed by atoms with Crippen molar-refractivity contribution in [3.8, 4) is 11.5 Å². The van der Waals surface area contributed by atoms with Gasteiger partial charge in [0.25, 0.3) is 0 Å². The number of ether oxygens (including phenoxy) is 2. The maximum Gasteiger partial charge on any atom is 0.161 e. The Morgan fingerprint density at radius 3 is 2.79 bits per heavy atom. The van der Waals surface area contributed by atoms with Crippen molar-refractivity contribution < 1.29 is 9.47 Å². The second-order valence-corrected chi connectivity index (χ2v) is 4.70. The first-order valence-electron chi connectivity index (χ1n) is 6.37. The van der Waals surface area contributed by atoms with E-state index in [-0.39, 0.29) is 6.04 Å². The molecule has 1 aromatic carbocycles. The van der Waals surface area contributed by atoms with Crippen LogP contribution in [0.25, 0.3) is 0 Å². The number of imidazole rings is 1. The van der Waals surface area contributed by atoms with Crippen LogP contribution in [-0.4, -0.2) is 22.8 Å². The van der Waals surface area contributed by atoms with E-state index in [2.05, 4.69) is 4.98 Å². The van der Waals surface area contributed by atoms with Gasteiger partial charge in [-0.25, -0.2) is 4.98 Å². The van der Waals surface area contributed by atoms with Gasteiger partial charge in [-0.1, -0.05) is 6.07 Å². The van der Waals surface area contributed by atoms with E-state index in [1.807, 2.05) is 36.0 Å². The number of rotatable bonds is 2. The number of aryl methyl sites for hydroxylation is 1. The second-order valence-electron chi connectivity index (χ2n) is 4.70. The van der Waals surface area contributed by atoms with Gasteiger partial charge >= 0.3 is 0 Å². The van der Waals surface area contributed by atoms with Crippen molar-refractivity contribution in [3.05, 3.63) is 42.0 Å². The number of hydrogen-bond donors (Lipinski definition) is 1. The van der Waals surface area contributed by atoms with E-state index in [1.54, 1.807) is 6.33 Å². The molecule has 5 heteroatoms. The van der Waals surface area contributed by atoms with Crippen molar-refractivity contribution >= 4 is 0 Å². The lowest BCUT2D eigenvalue weighted by Crippen LogP contribution is -2.12. The Balaban J connectivity index is 1.91. The third-order valence-corrected chi connectivity index (χ3v) is 3.17. The van der Waals surface area contributed by atoms with E-state index in [4.69, 9.17) is 15.2 Å². The van der Waals surface area contributed by atoms with Gasteiger partial charge in [0.05, 0.1) is 31.3 Å². The van der Waals surface area contributed by atoms with Crippen LogP contribution in [0.15, 0.2) is 30.7 Å². The SMILES string of the molecule is Cn1cnc(C(N)c2ccc3c(c2)OCCCO3)c1. The Morgan fingerprint density at radius 2 is 2.05 bits per heavy atom. The molecule has 1 atom stereocenters. The fraction of sp³-hybridized carbons (Fsp3) is 0.357. The molecule has 1 aliphatic rings. The summed E-state index contributed by atoms with van der Waals surface area (Å²) in [6.45, 7) is 1.37. The average molecular weight is 259 g/mol. The molecule has 2 aromatic rings. The van der Waals surface area contributed by atoms with E-state index in [1.165, 1.54) is 0 Å². The zero-order valence-corrected chi connectivity index (χ0v) is 10.9. The molecule has 0 saturated carbocycles. The quantitative estimate of drug-likeness (QED) is 0.890. The third kappa shape index (κ3) is 2.42. The largest absolute Gasteiger partial charge is 0.490 e. The molecule has 1 aromatic heterocycles. The van der Waals surface area contributed by atoms with Gasteiger partial charge in [0.15, 0.2) is 11.5 Å². The third-order valence-electron chi connectivity index (χ3n) is 3.17. The average Bonchev–Trinajstić information content (AvgIpc) is 2.72. The van der Waals surface area contributed by atoms with Crippen LogP contribution in [0, 0.1) is 0 Å². The van der Waals surface area contributed by atoms with Gasteiger partial charge in [-0.2, -0.15) is 0 Å².